The molecule has 5 heterocycles. The lowest BCUT2D eigenvalue weighted by molar-refractivity contribution is 0.459. The van der Waals surface area contributed by atoms with Crippen LogP contribution in [0.25, 0.3) is 22.6 Å². The van der Waals surface area contributed by atoms with Gasteiger partial charge in [-0.1, -0.05) is 19.4 Å². The van der Waals surface area contributed by atoms with Gasteiger partial charge in [0.1, 0.15) is 11.3 Å². The molecule has 7 nitrogen and oxygen atoms in total. The van der Waals surface area contributed by atoms with Crippen molar-refractivity contribution in [3.05, 3.63) is 64.0 Å². The molecule has 7 heteroatoms. The molecule has 5 rings (SSSR count). The molecule has 1 fully saturated rings. The highest BCUT2D eigenvalue weighted by atomic mass is 16.1. The van der Waals surface area contributed by atoms with Crippen LogP contribution in [0.3, 0.4) is 0 Å². The van der Waals surface area contributed by atoms with Gasteiger partial charge in [0.2, 0.25) is 0 Å². The molecule has 1 saturated heterocycles. The van der Waals surface area contributed by atoms with E-state index in [4.69, 9.17) is 4.98 Å². The van der Waals surface area contributed by atoms with Crippen molar-refractivity contribution in [3.63, 3.8) is 0 Å². The van der Waals surface area contributed by atoms with Crippen LogP contribution in [0.5, 0.6) is 0 Å². The van der Waals surface area contributed by atoms with Crippen LogP contribution in [-0.2, 0) is 6.42 Å². The molecular weight excluding hydrogens is 376 g/mol. The van der Waals surface area contributed by atoms with Crippen LogP contribution in [-0.4, -0.2) is 37.1 Å². The Morgan fingerprint density at radius 3 is 2.73 bits per heavy atom. The molecule has 30 heavy (non-hydrogen) atoms. The van der Waals surface area contributed by atoms with Crippen molar-refractivity contribution in [3.8, 4) is 11.4 Å². The summed E-state index contributed by atoms with van der Waals surface area (Å²) in [7, 11) is 0. The molecule has 0 aliphatic carbocycles. The fourth-order valence-electron chi connectivity index (χ4n) is 4.38. The molecule has 154 valence electrons. The van der Waals surface area contributed by atoms with Crippen molar-refractivity contribution in [1.29, 1.82) is 0 Å². The van der Waals surface area contributed by atoms with Crippen molar-refractivity contribution in [2.24, 2.45) is 0 Å². The zero-order chi connectivity index (χ0) is 20.7. The van der Waals surface area contributed by atoms with Gasteiger partial charge >= 0.3 is 0 Å². The fourth-order valence-corrected chi connectivity index (χ4v) is 4.38. The Morgan fingerprint density at radius 1 is 1.10 bits per heavy atom. The third-order valence-corrected chi connectivity index (χ3v) is 5.89. The van der Waals surface area contributed by atoms with Gasteiger partial charge in [-0.05, 0) is 62.9 Å². The van der Waals surface area contributed by atoms with Crippen molar-refractivity contribution in [2.45, 2.75) is 45.4 Å². The zero-order valence-electron chi connectivity index (χ0n) is 17.4. The van der Waals surface area contributed by atoms with Gasteiger partial charge in [0.15, 0.2) is 0 Å². The molecule has 0 saturated carbocycles. The van der Waals surface area contributed by atoms with Gasteiger partial charge in [-0.15, -0.1) is 0 Å². The molecule has 0 atom stereocenters. The Hall–Kier alpha value is -3.06. The number of rotatable bonds is 4. The van der Waals surface area contributed by atoms with Crippen LogP contribution >= 0.6 is 0 Å². The molecule has 0 bridgehead atoms. The lowest BCUT2D eigenvalue weighted by atomic mass is 9.91. The van der Waals surface area contributed by atoms with Gasteiger partial charge in [0, 0.05) is 12.3 Å². The Balaban J connectivity index is 1.58. The molecule has 1 N–H and O–H groups in total. The Labute approximate surface area is 174 Å². The van der Waals surface area contributed by atoms with E-state index in [0.29, 0.717) is 23.0 Å². The zero-order valence-corrected chi connectivity index (χ0v) is 17.4. The SMILES string of the molecule is CCCc1nc(C)cn2nc(-c3cc(=O)n4cc(C5CCNCC5)ccc4n3)cc12. The average molecular weight is 403 g/mol. The lowest BCUT2D eigenvalue weighted by Gasteiger charge is -2.23. The number of hydrogen-bond acceptors (Lipinski definition) is 5. The Bertz CT molecular complexity index is 1280. The maximum Gasteiger partial charge on any atom is 0.258 e. The highest BCUT2D eigenvalue weighted by molar-refractivity contribution is 5.66. The smallest absolute Gasteiger partial charge is 0.258 e. The van der Waals surface area contributed by atoms with E-state index in [0.717, 1.165) is 55.7 Å². The van der Waals surface area contributed by atoms with Gasteiger partial charge in [0.25, 0.3) is 5.56 Å². The minimum absolute atomic E-state index is 0.0778. The van der Waals surface area contributed by atoms with Crippen LogP contribution in [0.4, 0.5) is 0 Å². The number of nitrogens with zero attached hydrogens (tertiary/aromatic N) is 5. The molecule has 0 spiro atoms. The Kier molecular flexibility index (Phi) is 4.83. The number of piperidine rings is 1. The van der Waals surface area contributed by atoms with Crippen LogP contribution < -0.4 is 10.9 Å². The molecule has 0 amide bonds. The topological polar surface area (TPSA) is 76.6 Å². The van der Waals surface area contributed by atoms with E-state index in [-0.39, 0.29) is 5.56 Å². The number of aromatic nitrogens is 5. The minimum atomic E-state index is -0.0778. The fraction of sp³-hybridized carbons (Fsp3) is 0.391. The summed E-state index contributed by atoms with van der Waals surface area (Å²) in [5, 5.41) is 8.08. The summed E-state index contributed by atoms with van der Waals surface area (Å²) >= 11 is 0. The number of nitrogens with one attached hydrogen (secondary N) is 1. The first-order valence-corrected chi connectivity index (χ1v) is 10.7. The van der Waals surface area contributed by atoms with Gasteiger partial charge in [-0.25, -0.2) is 9.50 Å². The second-order valence-electron chi connectivity index (χ2n) is 8.13. The molecule has 4 aromatic heterocycles. The maximum atomic E-state index is 12.9. The molecule has 4 aromatic rings. The standard InChI is InChI=1S/C23H26N6O/c1-3-4-18-21-11-20(27-29(21)13-15(2)25-18)19-12-23(30)28-14-17(5-6-22(28)26-19)16-7-9-24-10-8-16/h5-6,11-14,16,24H,3-4,7-10H2,1-2H3. The molecule has 0 unspecified atom stereocenters. The number of aryl methyl sites for hydroxylation is 2. The largest absolute Gasteiger partial charge is 0.317 e. The first-order valence-electron chi connectivity index (χ1n) is 10.7. The summed E-state index contributed by atoms with van der Waals surface area (Å²) in [6.45, 7) is 6.16. The van der Waals surface area contributed by atoms with Crippen LogP contribution in [0.15, 0.2) is 41.5 Å². The van der Waals surface area contributed by atoms with E-state index in [1.165, 1.54) is 5.56 Å². The summed E-state index contributed by atoms with van der Waals surface area (Å²) in [5.41, 5.74) is 6.00. The lowest BCUT2D eigenvalue weighted by Crippen LogP contribution is -2.27. The number of pyridine rings is 1. The highest BCUT2D eigenvalue weighted by Gasteiger charge is 2.17. The van der Waals surface area contributed by atoms with E-state index in [9.17, 15) is 4.79 Å². The van der Waals surface area contributed by atoms with Gasteiger partial charge in [-0.2, -0.15) is 5.10 Å². The third kappa shape index (κ3) is 3.39. The summed E-state index contributed by atoms with van der Waals surface area (Å²) < 4.78 is 3.51. The van der Waals surface area contributed by atoms with Crippen molar-refractivity contribution in [2.75, 3.05) is 13.1 Å². The highest BCUT2D eigenvalue weighted by Crippen LogP contribution is 2.25. The van der Waals surface area contributed by atoms with Crippen LogP contribution in [0.1, 0.15) is 49.1 Å². The maximum absolute atomic E-state index is 12.9. The average Bonchev–Trinajstić information content (AvgIpc) is 3.18. The summed E-state index contributed by atoms with van der Waals surface area (Å²) in [4.78, 5) is 22.3. The second kappa shape index (κ2) is 7.65. The third-order valence-electron chi connectivity index (χ3n) is 5.89. The molecular formula is C23H26N6O. The number of fused-ring (bicyclic) bond motifs is 2. The van der Waals surface area contributed by atoms with E-state index < -0.39 is 0 Å². The summed E-state index contributed by atoms with van der Waals surface area (Å²) in [5.74, 6) is 0.494. The van der Waals surface area contributed by atoms with Gasteiger partial charge in [-0.3, -0.25) is 14.2 Å². The first-order chi connectivity index (χ1) is 14.6. The minimum Gasteiger partial charge on any atom is -0.317 e. The normalized spacial score (nSPS) is 15.3. The molecule has 1 aliphatic rings. The van der Waals surface area contributed by atoms with E-state index >= 15 is 0 Å². The quantitative estimate of drug-likeness (QED) is 0.568. The van der Waals surface area contributed by atoms with Crippen LogP contribution in [0.2, 0.25) is 0 Å². The summed E-state index contributed by atoms with van der Waals surface area (Å²) in [6.07, 6.45) is 7.98. The number of hydrogen-bond donors (Lipinski definition) is 1. The second-order valence-corrected chi connectivity index (χ2v) is 8.13. The molecule has 1 aliphatic heterocycles. The molecule has 0 radical (unpaired) electrons. The van der Waals surface area contributed by atoms with Gasteiger partial charge in [0.05, 0.1) is 28.8 Å². The molecule has 0 aromatic carbocycles. The van der Waals surface area contributed by atoms with Crippen molar-refractivity contribution < 1.29 is 0 Å². The van der Waals surface area contributed by atoms with Crippen molar-refractivity contribution in [1.82, 2.24) is 29.3 Å². The Morgan fingerprint density at radius 2 is 1.93 bits per heavy atom. The predicted octanol–water partition coefficient (Wildman–Crippen LogP) is 3.13. The summed E-state index contributed by atoms with van der Waals surface area (Å²) in [6, 6.07) is 7.63. The first kappa shape index (κ1) is 18.9. The van der Waals surface area contributed by atoms with E-state index in [2.05, 4.69) is 28.4 Å². The van der Waals surface area contributed by atoms with E-state index in [1.807, 2.05) is 36.0 Å². The van der Waals surface area contributed by atoms with Crippen LogP contribution in [0, 0.1) is 6.92 Å². The van der Waals surface area contributed by atoms with Crippen molar-refractivity contribution >= 4 is 11.2 Å². The van der Waals surface area contributed by atoms with E-state index in [1.54, 1.807) is 10.5 Å². The van der Waals surface area contributed by atoms with Gasteiger partial charge < -0.3 is 5.32 Å². The monoisotopic (exact) mass is 402 g/mol. The predicted molar refractivity (Wildman–Crippen MR) is 117 cm³/mol.